The molecule has 2 atom stereocenters. The standard InChI is InChI=1S/C14H13BrO6/c15-8-1-2-11(13(16)20-6-9-4-18-9)12(3-8)14(17)21-7-10-5-19-10/h1-3,9-10H,4-7H2. The summed E-state index contributed by atoms with van der Waals surface area (Å²) in [5.74, 6) is -1.13. The molecule has 3 rings (SSSR count). The first-order valence-electron chi connectivity index (χ1n) is 6.50. The highest BCUT2D eigenvalue weighted by atomic mass is 79.9. The minimum Gasteiger partial charge on any atom is -0.459 e. The molecule has 2 fully saturated rings. The van der Waals surface area contributed by atoms with Gasteiger partial charge in [-0.05, 0) is 18.2 Å². The maximum atomic E-state index is 12.1. The van der Waals surface area contributed by atoms with E-state index >= 15 is 0 Å². The van der Waals surface area contributed by atoms with Crippen LogP contribution in [0.25, 0.3) is 0 Å². The van der Waals surface area contributed by atoms with Crippen LogP contribution in [0.5, 0.6) is 0 Å². The molecule has 0 aromatic heterocycles. The van der Waals surface area contributed by atoms with Gasteiger partial charge >= 0.3 is 11.9 Å². The van der Waals surface area contributed by atoms with Gasteiger partial charge in [0.25, 0.3) is 0 Å². The maximum Gasteiger partial charge on any atom is 0.339 e. The first-order valence-corrected chi connectivity index (χ1v) is 7.30. The van der Waals surface area contributed by atoms with Gasteiger partial charge in [-0.2, -0.15) is 0 Å². The van der Waals surface area contributed by atoms with Crippen molar-refractivity contribution >= 4 is 27.9 Å². The molecule has 1 aromatic carbocycles. The van der Waals surface area contributed by atoms with Crippen LogP contribution in [0.1, 0.15) is 20.7 Å². The molecule has 6 nitrogen and oxygen atoms in total. The Morgan fingerprint density at radius 2 is 1.57 bits per heavy atom. The second-order valence-corrected chi connectivity index (χ2v) is 5.71. The minimum atomic E-state index is -0.568. The van der Waals surface area contributed by atoms with Crippen molar-refractivity contribution in [1.29, 1.82) is 0 Å². The molecule has 0 amide bonds. The van der Waals surface area contributed by atoms with E-state index in [9.17, 15) is 9.59 Å². The molecule has 0 N–H and O–H groups in total. The highest BCUT2D eigenvalue weighted by molar-refractivity contribution is 9.10. The van der Waals surface area contributed by atoms with Crippen LogP contribution in [0.15, 0.2) is 22.7 Å². The van der Waals surface area contributed by atoms with Gasteiger partial charge in [-0.1, -0.05) is 15.9 Å². The molecular weight excluding hydrogens is 344 g/mol. The fraction of sp³-hybridized carbons (Fsp3) is 0.429. The van der Waals surface area contributed by atoms with Gasteiger partial charge in [0, 0.05) is 4.47 Å². The molecule has 2 aliphatic rings. The van der Waals surface area contributed by atoms with Crippen LogP contribution in [0.2, 0.25) is 0 Å². The van der Waals surface area contributed by atoms with Crippen LogP contribution in [-0.4, -0.2) is 50.6 Å². The third-order valence-corrected chi connectivity index (χ3v) is 3.52. The molecule has 2 aliphatic heterocycles. The molecule has 21 heavy (non-hydrogen) atoms. The second kappa shape index (κ2) is 6.13. The molecule has 2 saturated heterocycles. The van der Waals surface area contributed by atoms with E-state index in [2.05, 4.69) is 15.9 Å². The van der Waals surface area contributed by atoms with Crippen molar-refractivity contribution in [2.75, 3.05) is 26.4 Å². The molecule has 1 aromatic rings. The first kappa shape index (κ1) is 14.5. The monoisotopic (exact) mass is 356 g/mol. The highest BCUT2D eigenvalue weighted by Crippen LogP contribution is 2.20. The van der Waals surface area contributed by atoms with Crippen molar-refractivity contribution < 1.29 is 28.5 Å². The zero-order valence-corrected chi connectivity index (χ0v) is 12.6. The summed E-state index contributed by atoms with van der Waals surface area (Å²) in [6.07, 6.45) is -0.0460. The lowest BCUT2D eigenvalue weighted by molar-refractivity contribution is 0.0430. The van der Waals surface area contributed by atoms with Crippen LogP contribution in [-0.2, 0) is 18.9 Å². The number of halogens is 1. The van der Waals surface area contributed by atoms with Gasteiger partial charge in [0.1, 0.15) is 25.4 Å². The van der Waals surface area contributed by atoms with E-state index < -0.39 is 11.9 Å². The Morgan fingerprint density at radius 3 is 2.10 bits per heavy atom. The summed E-state index contributed by atoms with van der Waals surface area (Å²) in [5, 5.41) is 0. The van der Waals surface area contributed by atoms with Crippen LogP contribution in [0, 0.1) is 0 Å². The van der Waals surface area contributed by atoms with Crippen molar-refractivity contribution in [2.45, 2.75) is 12.2 Å². The van der Waals surface area contributed by atoms with E-state index in [0.29, 0.717) is 17.7 Å². The number of carbonyl (C=O) groups is 2. The average Bonchev–Trinajstić information content (AvgIpc) is 3.36. The van der Waals surface area contributed by atoms with Crippen LogP contribution < -0.4 is 0 Å². The molecule has 0 spiro atoms. The third-order valence-electron chi connectivity index (χ3n) is 3.03. The number of carbonyl (C=O) groups excluding carboxylic acids is 2. The molecule has 0 aliphatic carbocycles. The summed E-state index contributed by atoms with van der Waals surface area (Å²) in [4.78, 5) is 24.1. The summed E-state index contributed by atoms with van der Waals surface area (Å²) < 4.78 is 20.9. The SMILES string of the molecule is O=C(OCC1CO1)c1ccc(Br)cc1C(=O)OCC1CO1. The topological polar surface area (TPSA) is 77.7 Å². The van der Waals surface area contributed by atoms with Gasteiger partial charge in [0.15, 0.2) is 0 Å². The molecule has 7 heteroatoms. The summed E-state index contributed by atoms with van der Waals surface area (Å²) in [7, 11) is 0. The molecule has 2 heterocycles. The number of rotatable bonds is 6. The Kier molecular flexibility index (Phi) is 4.23. The fourth-order valence-electron chi connectivity index (χ4n) is 1.68. The van der Waals surface area contributed by atoms with E-state index in [-0.39, 0.29) is 36.5 Å². The zero-order valence-electron chi connectivity index (χ0n) is 11.0. The Labute approximate surface area is 129 Å². The van der Waals surface area contributed by atoms with Crippen molar-refractivity contribution in [3.05, 3.63) is 33.8 Å². The maximum absolute atomic E-state index is 12.1. The van der Waals surface area contributed by atoms with Gasteiger partial charge in [-0.3, -0.25) is 0 Å². The predicted octanol–water partition coefficient (Wildman–Crippen LogP) is 1.56. The third kappa shape index (κ3) is 4.03. The van der Waals surface area contributed by atoms with Gasteiger partial charge in [0.05, 0.1) is 24.3 Å². The van der Waals surface area contributed by atoms with E-state index in [0.717, 1.165) is 0 Å². The van der Waals surface area contributed by atoms with Crippen molar-refractivity contribution in [3.63, 3.8) is 0 Å². The average molecular weight is 357 g/mol. The molecule has 0 bridgehead atoms. The van der Waals surface area contributed by atoms with Crippen LogP contribution >= 0.6 is 15.9 Å². The lowest BCUT2D eigenvalue weighted by Crippen LogP contribution is -2.17. The Hall–Kier alpha value is -1.44. The number of hydrogen-bond acceptors (Lipinski definition) is 6. The van der Waals surface area contributed by atoms with Gasteiger partial charge in [0.2, 0.25) is 0 Å². The number of ether oxygens (including phenoxy) is 4. The summed E-state index contributed by atoms with van der Waals surface area (Å²) in [6, 6.07) is 4.75. The van der Waals surface area contributed by atoms with Gasteiger partial charge in [-0.15, -0.1) is 0 Å². The van der Waals surface area contributed by atoms with Gasteiger partial charge in [-0.25, -0.2) is 9.59 Å². The van der Waals surface area contributed by atoms with Crippen LogP contribution in [0.4, 0.5) is 0 Å². The number of benzene rings is 1. The highest BCUT2D eigenvalue weighted by Gasteiger charge is 2.28. The predicted molar refractivity (Wildman–Crippen MR) is 74.2 cm³/mol. The van der Waals surface area contributed by atoms with Crippen molar-refractivity contribution in [2.24, 2.45) is 0 Å². The van der Waals surface area contributed by atoms with Crippen molar-refractivity contribution in [1.82, 2.24) is 0 Å². The van der Waals surface area contributed by atoms with E-state index in [1.807, 2.05) is 0 Å². The Morgan fingerprint density at radius 1 is 1.05 bits per heavy atom. The minimum absolute atomic E-state index is 0.0215. The molecular formula is C14H13BrO6. The fourth-order valence-corrected chi connectivity index (χ4v) is 2.05. The lowest BCUT2D eigenvalue weighted by atomic mass is 10.1. The first-order chi connectivity index (χ1) is 10.1. The Balaban J connectivity index is 1.70. The number of hydrogen-bond donors (Lipinski definition) is 0. The van der Waals surface area contributed by atoms with E-state index in [1.54, 1.807) is 12.1 Å². The summed E-state index contributed by atoms with van der Waals surface area (Å²) >= 11 is 3.27. The molecule has 0 saturated carbocycles. The number of epoxide rings is 2. The lowest BCUT2D eigenvalue weighted by Gasteiger charge is -2.09. The second-order valence-electron chi connectivity index (χ2n) is 4.80. The van der Waals surface area contributed by atoms with E-state index in [4.69, 9.17) is 18.9 Å². The molecule has 112 valence electrons. The quantitative estimate of drug-likeness (QED) is 0.568. The normalized spacial score (nSPS) is 22.5. The summed E-state index contributed by atoms with van der Waals surface area (Å²) in [6.45, 7) is 1.58. The van der Waals surface area contributed by atoms with Crippen LogP contribution in [0.3, 0.4) is 0 Å². The largest absolute Gasteiger partial charge is 0.459 e. The molecule has 0 radical (unpaired) electrons. The zero-order chi connectivity index (χ0) is 14.8. The van der Waals surface area contributed by atoms with Crippen molar-refractivity contribution in [3.8, 4) is 0 Å². The smallest absolute Gasteiger partial charge is 0.339 e. The Bertz CT molecular complexity index is 565. The van der Waals surface area contributed by atoms with Gasteiger partial charge < -0.3 is 18.9 Å². The van der Waals surface area contributed by atoms with E-state index in [1.165, 1.54) is 6.07 Å². The summed E-state index contributed by atoms with van der Waals surface area (Å²) in [5.41, 5.74) is 0.354. The number of esters is 2. The molecule has 2 unspecified atom stereocenters.